The molecule has 5 heavy (non-hydrogen) atoms. The molecule has 0 unspecified atom stereocenters. The van der Waals surface area contributed by atoms with Crippen LogP contribution in [0.5, 0.6) is 0 Å². The summed E-state index contributed by atoms with van der Waals surface area (Å²) < 4.78 is 0. The normalized spacial score (nSPS) is 6.00. The number of hydrogen-bond donors (Lipinski definition) is 1. The summed E-state index contributed by atoms with van der Waals surface area (Å²) in [5.74, 6) is 0.347. The van der Waals surface area contributed by atoms with Crippen LogP contribution >= 0.6 is 28.6 Å². The summed E-state index contributed by atoms with van der Waals surface area (Å²) in [6.07, 6.45) is 0. The third kappa shape index (κ3) is 11.8. The molecule has 0 bridgehead atoms. The molecule has 0 aromatic heterocycles. The summed E-state index contributed by atoms with van der Waals surface area (Å²) in [5, 5.41) is 7.74. The summed E-state index contributed by atoms with van der Waals surface area (Å²) in [7, 11) is 0. The van der Waals surface area contributed by atoms with Gasteiger partial charge in [0, 0.05) is 5.88 Å². The Morgan fingerprint density at radius 1 is 1.60 bits per heavy atom. The van der Waals surface area contributed by atoms with E-state index in [9.17, 15) is 0 Å². The molecule has 0 radical (unpaired) electrons. The first-order valence-electron chi connectivity index (χ1n) is 1.08. The van der Waals surface area contributed by atoms with Gasteiger partial charge in [-0.15, -0.1) is 28.6 Å². The topological polar surface area (TPSA) is 20.2 Å². The third-order valence-electron chi connectivity index (χ3n) is 0.0845. The maximum absolute atomic E-state index is 7.74. The van der Waals surface area contributed by atoms with Gasteiger partial charge in [0.15, 0.2) is 0 Å². The van der Waals surface area contributed by atoms with Crippen molar-refractivity contribution in [2.24, 2.45) is 0 Å². The van der Waals surface area contributed by atoms with Gasteiger partial charge >= 0.3 is 0 Å². The zero-order chi connectivity index (χ0) is 3.41. The van der Waals surface area contributed by atoms with E-state index in [4.69, 9.17) is 16.7 Å². The minimum absolute atomic E-state index is 0. The van der Waals surface area contributed by atoms with E-state index in [-0.39, 0.29) is 23.6 Å². The van der Waals surface area contributed by atoms with Crippen LogP contribution < -0.4 is 0 Å². The van der Waals surface area contributed by atoms with Crippen LogP contribution in [0.25, 0.3) is 0 Å². The monoisotopic (exact) mass is 160 g/mol. The lowest BCUT2D eigenvalue weighted by molar-refractivity contribution is 0.321. The Labute approximate surface area is 46.7 Å². The number of aliphatic hydroxyl groups is 1. The third-order valence-corrected chi connectivity index (χ3v) is 0.254. The molecule has 1 nitrogen and oxygen atoms in total. The van der Waals surface area contributed by atoms with Gasteiger partial charge in [-0.1, -0.05) is 0 Å². The standard InChI is InChI=1S/C2H5ClO.BrH/c3-1-2-4;/h4H,1-2H2;1H. The fraction of sp³-hybridized carbons (Fsp3) is 1.00. The van der Waals surface area contributed by atoms with Gasteiger partial charge in [-0.2, -0.15) is 0 Å². The van der Waals surface area contributed by atoms with Crippen molar-refractivity contribution in [3.63, 3.8) is 0 Å². The van der Waals surface area contributed by atoms with Gasteiger partial charge in [-0.25, -0.2) is 0 Å². The summed E-state index contributed by atoms with van der Waals surface area (Å²) >= 11 is 4.94. The van der Waals surface area contributed by atoms with Crippen molar-refractivity contribution in [3.05, 3.63) is 0 Å². The summed E-state index contributed by atoms with van der Waals surface area (Å²) in [6, 6.07) is 0. The first-order chi connectivity index (χ1) is 1.91. The zero-order valence-corrected chi connectivity index (χ0v) is 5.12. The van der Waals surface area contributed by atoms with Crippen LogP contribution in [0.3, 0.4) is 0 Å². The van der Waals surface area contributed by atoms with E-state index >= 15 is 0 Å². The molecule has 0 spiro atoms. The SMILES string of the molecule is Br.OCCCl. The number of alkyl halides is 1. The number of hydrogen-bond acceptors (Lipinski definition) is 1. The van der Waals surface area contributed by atoms with Crippen LogP contribution in [-0.4, -0.2) is 17.6 Å². The Kier molecular flexibility index (Phi) is 16.3. The minimum Gasteiger partial charge on any atom is -0.395 e. The van der Waals surface area contributed by atoms with E-state index in [0.29, 0.717) is 5.88 Å². The number of aliphatic hydroxyl groups excluding tert-OH is 1. The van der Waals surface area contributed by atoms with Gasteiger partial charge in [-0.3, -0.25) is 0 Å². The van der Waals surface area contributed by atoms with E-state index < -0.39 is 0 Å². The lowest BCUT2D eigenvalue weighted by atomic mass is 10.9. The van der Waals surface area contributed by atoms with Crippen molar-refractivity contribution < 1.29 is 5.11 Å². The van der Waals surface area contributed by atoms with Crippen molar-refractivity contribution in [2.45, 2.75) is 0 Å². The molecule has 0 aliphatic carbocycles. The van der Waals surface area contributed by atoms with Crippen LogP contribution in [0.4, 0.5) is 0 Å². The van der Waals surface area contributed by atoms with E-state index in [1.54, 1.807) is 0 Å². The van der Waals surface area contributed by atoms with Gasteiger partial charge < -0.3 is 5.11 Å². The molecule has 0 fully saturated rings. The second-order valence-electron chi connectivity index (χ2n) is 0.413. The molecule has 1 N–H and O–H groups in total. The second-order valence-corrected chi connectivity index (χ2v) is 0.791. The first kappa shape index (κ1) is 9.21. The molecule has 0 aromatic rings. The molecule has 3 heteroatoms. The Morgan fingerprint density at radius 2 is 1.80 bits per heavy atom. The lowest BCUT2D eigenvalue weighted by Crippen LogP contribution is -1.76. The second kappa shape index (κ2) is 8.83. The number of halogens is 2. The van der Waals surface area contributed by atoms with Crippen molar-refractivity contribution in [1.82, 2.24) is 0 Å². The molecule has 0 saturated carbocycles. The molecule has 0 aromatic carbocycles. The van der Waals surface area contributed by atoms with Gasteiger partial charge in [0.25, 0.3) is 0 Å². The highest BCUT2D eigenvalue weighted by Crippen LogP contribution is 1.63. The summed E-state index contributed by atoms with van der Waals surface area (Å²) in [4.78, 5) is 0. The largest absolute Gasteiger partial charge is 0.395 e. The van der Waals surface area contributed by atoms with Crippen LogP contribution in [0, 0.1) is 0 Å². The highest BCUT2D eigenvalue weighted by atomic mass is 79.9. The highest BCUT2D eigenvalue weighted by molar-refractivity contribution is 8.93. The fourth-order valence-corrected chi connectivity index (χ4v) is 0. The van der Waals surface area contributed by atoms with Gasteiger partial charge in [0.05, 0.1) is 6.61 Å². The van der Waals surface area contributed by atoms with Gasteiger partial charge in [0.1, 0.15) is 0 Å². The average molecular weight is 161 g/mol. The van der Waals surface area contributed by atoms with Gasteiger partial charge in [0.2, 0.25) is 0 Å². The van der Waals surface area contributed by atoms with Crippen LogP contribution in [0.15, 0.2) is 0 Å². The Bertz CT molecular complexity index is 11.6. The molecule has 0 saturated heterocycles. The smallest absolute Gasteiger partial charge is 0.0566 e. The quantitative estimate of drug-likeness (QED) is 0.564. The molecule has 0 heterocycles. The predicted octanol–water partition coefficient (Wildman–Crippen LogP) is 0.795. The van der Waals surface area contributed by atoms with Crippen LogP contribution in [0.1, 0.15) is 0 Å². The molecule has 34 valence electrons. The summed E-state index contributed by atoms with van der Waals surface area (Å²) in [5.41, 5.74) is 0. The Balaban J connectivity index is 0. The molecular formula is C2H6BrClO. The average Bonchev–Trinajstić information content (AvgIpc) is 1.37. The number of rotatable bonds is 1. The molecule has 0 aliphatic heterocycles. The first-order valence-corrected chi connectivity index (χ1v) is 1.62. The Hall–Kier alpha value is 0.730. The maximum Gasteiger partial charge on any atom is 0.0566 e. The van der Waals surface area contributed by atoms with E-state index in [2.05, 4.69) is 0 Å². The molecule has 0 amide bonds. The van der Waals surface area contributed by atoms with Crippen molar-refractivity contribution in [2.75, 3.05) is 12.5 Å². The molecular weight excluding hydrogens is 155 g/mol. The predicted molar refractivity (Wildman–Crippen MR) is 28.1 cm³/mol. The zero-order valence-electron chi connectivity index (χ0n) is 2.65. The molecule has 0 atom stereocenters. The molecule has 0 aliphatic rings. The summed E-state index contributed by atoms with van der Waals surface area (Å²) in [6.45, 7) is 0.0849. The molecule has 0 rings (SSSR count). The van der Waals surface area contributed by atoms with Crippen molar-refractivity contribution >= 4 is 28.6 Å². The van der Waals surface area contributed by atoms with E-state index in [0.717, 1.165) is 0 Å². The lowest BCUT2D eigenvalue weighted by Gasteiger charge is -1.67. The van der Waals surface area contributed by atoms with E-state index in [1.165, 1.54) is 0 Å². The maximum atomic E-state index is 7.74. The minimum atomic E-state index is 0. The Morgan fingerprint density at radius 3 is 1.80 bits per heavy atom. The van der Waals surface area contributed by atoms with Crippen molar-refractivity contribution in [3.8, 4) is 0 Å². The fourth-order valence-electron chi connectivity index (χ4n) is 0. The van der Waals surface area contributed by atoms with Crippen LogP contribution in [-0.2, 0) is 0 Å². The highest BCUT2D eigenvalue weighted by Gasteiger charge is 1.60. The van der Waals surface area contributed by atoms with Gasteiger partial charge in [-0.05, 0) is 0 Å². The van der Waals surface area contributed by atoms with E-state index in [1.807, 2.05) is 0 Å². The van der Waals surface area contributed by atoms with Crippen molar-refractivity contribution in [1.29, 1.82) is 0 Å². The van der Waals surface area contributed by atoms with Crippen LogP contribution in [0.2, 0.25) is 0 Å².